The molecule has 29 heavy (non-hydrogen) atoms. The Morgan fingerprint density at radius 1 is 1.07 bits per heavy atom. The van der Waals surface area contributed by atoms with Crippen LogP contribution in [0.4, 0.5) is 0 Å². The third-order valence-corrected chi connectivity index (χ3v) is 9.08. The standard InChI is InChI=1S/C23H38N2O3S/c1-15-9-19(23(3,4)5)12-22(16(15)2)29(26,27)25-13-17-10-20(24(6)7)21(28-8)11-18(17)14-25/h9,12,17-18,20-21H,10-11,13-14H2,1-8H3/t17-,18+,20-,21-/m1/s1. The largest absolute Gasteiger partial charge is 0.380 e. The lowest BCUT2D eigenvalue weighted by Crippen LogP contribution is -2.47. The number of benzene rings is 1. The predicted molar refractivity (Wildman–Crippen MR) is 118 cm³/mol. The van der Waals surface area contributed by atoms with E-state index in [4.69, 9.17) is 4.74 Å². The monoisotopic (exact) mass is 422 g/mol. The van der Waals surface area contributed by atoms with Crippen LogP contribution in [0.1, 0.15) is 50.3 Å². The first-order valence-electron chi connectivity index (χ1n) is 10.7. The van der Waals surface area contributed by atoms with Crippen LogP contribution >= 0.6 is 0 Å². The van der Waals surface area contributed by atoms with Crippen LogP contribution in [-0.4, -0.2) is 64.1 Å². The summed E-state index contributed by atoms with van der Waals surface area (Å²) in [7, 11) is 2.43. The van der Waals surface area contributed by atoms with Gasteiger partial charge in [0.25, 0.3) is 0 Å². The fourth-order valence-corrected chi connectivity index (χ4v) is 6.88. The van der Waals surface area contributed by atoms with Crippen LogP contribution in [0.2, 0.25) is 0 Å². The molecule has 5 nitrogen and oxygen atoms in total. The summed E-state index contributed by atoms with van der Waals surface area (Å²) in [5.41, 5.74) is 2.89. The van der Waals surface area contributed by atoms with Gasteiger partial charge in [-0.3, -0.25) is 0 Å². The van der Waals surface area contributed by atoms with Crippen molar-refractivity contribution in [3.05, 3.63) is 28.8 Å². The van der Waals surface area contributed by atoms with E-state index in [2.05, 4.69) is 45.8 Å². The number of hydrogen-bond donors (Lipinski definition) is 0. The number of likely N-dealkylation sites (N-methyl/N-ethyl adjacent to an activating group) is 1. The van der Waals surface area contributed by atoms with Gasteiger partial charge in [-0.1, -0.05) is 26.8 Å². The molecular formula is C23H38N2O3S. The van der Waals surface area contributed by atoms with Crippen molar-refractivity contribution in [1.29, 1.82) is 0 Å². The minimum Gasteiger partial charge on any atom is -0.380 e. The number of rotatable bonds is 4. The van der Waals surface area contributed by atoms with Crippen molar-refractivity contribution in [2.45, 2.75) is 69.9 Å². The molecule has 1 aromatic carbocycles. The second kappa shape index (κ2) is 7.95. The van der Waals surface area contributed by atoms with Crippen molar-refractivity contribution in [3.63, 3.8) is 0 Å². The minimum absolute atomic E-state index is 0.0909. The Bertz CT molecular complexity index is 858. The molecule has 4 atom stereocenters. The van der Waals surface area contributed by atoms with E-state index in [1.54, 1.807) is 11.4 Å². The Labute approximate surface area is 177 Å². The third kappa shape index (κ3) is 4.27. The quantitative estimate of drug-likeness (QED) is 0.744. The second-order valence-corrected chi connectivity index (χ2v) is 12.2. The molecule has 164 valence electrons. The second-order valence-electron chi connectivity index (χ2n) is 10.3. The number of ether oxygens (including phenoxy) is 1. The van der Waals surface area contributed by atoms with E-state index in [0.29, 0.717) is 35.9 Å². The predicted octanol–water partition coefficient (Wildman–Crippen LogP) is 3.58. The molecule has 0 N–H and O–H groups in total. The fraction of sp³-hybridized carbons (Fsp3) is 0.739. The number of sulfonamides is 1. The highest BCUT2D eigenvalue weighted by Gasteiger charge is 2.46. The van der Waals surface area contributed by atoms with Crippen molar-refractivity contribution in [3.8, 4) is 0 Å². The van der Waals surface area contributed by atoms with Crippen LogP contribution in [0, 0.1) is 25.7 Å². The third-order valence-electron chi connectivity index (χ3n) is 7.12. The molecule has 1 aliphatic carbocycles. The normalized spacial score (nSPS) is 28.7. The Kier molecular flexibility index (Phi) is 6.23. The molecule has 2 aliphatic rings. The lowest BCUT2D eigenvalue weighted by Gasteiger charge is -2.40. The fourth-order valence-electron chi connectivity index (χ4n) is 5.01. The van der Waals surface area contributed by atoms with Gasteiger partial charge in [-0.25, -0.2) is 8.42 Å². The Morgan fingerprint density at radius 2 is 1.66 bits per heavy atom. The van der Waals surface area contributed by atoms with Gasteiger partial charge < -0.3 is 9.64 Å². The number of aryl methyl sites for hydroxylation is 1. The molecule has 2 fully saturated rings. The summed E-state index contributed by atoms with van der Waals surface area (Å²) in [4.78, 5) is 2.70. The molecule has 3 rings (SSSR count). The maximum absolute atomic E-state index is 13.7. The van der Waals surface area contributed by atoms with Crippen LogP contribution in [0.25, 0.3) is 0 Å². The number of methoxy groups -OCH3 is 1. The molecule has 0 unspecified atom stereocenters. The molecule has 1 saturated heterocycles. The van der Waals surface area contributed by atoms with Gasteiger partial charge in [0.15, 0.2) is 0 Å². The van der Waals surface area contributed by atoms with E-state index in [1.807, 2.05) is 19.9 Å². The lowest BCUT2D eigenvalue weighted by molar-refractivity contribution is -0.0209. The van der Waals surface area contributed by atoms with E-state index < -0.39 is 10.0 Å². The van der Waals surface area contributed by atoms with Crippen LogP contribution in [0.15, 0.2) is 17.0 Å². The zero-order valence-electron chi connectivity index (χ0n) is 19.3. The highest BCUT2D eigenvalue weighted by molar-refractivity contribution is 7.89. The molecule has 0 aromatic heterocycles. The molecule has 0 bridgehead atoms. The average molecular weight is 423 g/mol. The highest BCUT2D eigenvalue weighted by atomic mass is 32.2. The first-order valence-corrected chi connectivity index (χ1v) is 12.1. The molecule has 0 spiro atoms. The number of fused-ring (bicyclic) bond motifs is 1. The summed E-state index contributed by atoms with van der Waals surface area (Å²) in [5.74, 6) is 0.772. The van der Waals surface area contributed by atoms with Gasteiger partial charge in [-0.05, 0) is 80.8 Å². The molecule has 1 aliphatic heterocycles. The van der Waals surface area contributed by atoms with E-state index in [0.717, 1.165) is 29.5 Å². The summed E-state index contributed by atoms with van der Waals surface area (Å²) < 4.78 is 34.9. The van der Waals surface area contributed by atoms with Gasteiger partial charge in [0.1, 0.15) is 0 Å². The summed E-state index contributed by atoms with van der Waals surface area (Å²) in [6.07, 6.45) is 2.08. The number of hydrogen-bond acceptors (Lipinski definition) is 4. The van der Waals surface area contributed by atoms with Gasteiger partial charge in [0.05, 0.1) is 11.0 Å². The first kappa shape index (κ1) is 22.7. The van der Waals surface area contributed by atoms with E-state index in [1.165, 1.54) is 0 Å². The van der Waals surface area contributed by atoms with Crippen LogP contribution in [0.3, 0.4) is 0 Å². The van der Waals surface area contributed by atoms with Crippen molar-refractivity contribution in [2.24, 2.45) is 11.8 Å². The van der Waals surface area contributed by atoms with Crippen LogP contribution in [0.5, 0.6) is 0 Å². The average Bonchev–Trinajstić information content (AvgIpc) is 3.05. The summed E-state index contributed by atoms with van der Waals surface area (Å²) in [6.45, 7) is 11.6. The van der Waals surface area contributed by atoms with E-state index in [-0.39, 0.29) is 11.5 Å². The van der Waals surface area contributed by atoms with Crippen LogP contribution in [-0.2, 0) is 20.2 Å². The zero-order valence-corrected chi connectivity index (χ0v) is 20.1. The molecule has 0 radical (unpaired) electrons. The van der Waals surface area contributed by atoms with E-state index >= 15 is 0 Å². The molecule has 1 heterocycles. The first-order chi connectivity index (χ1) is 13.4. The van der Waals surface area contributed by atoms with Crippen molar-refractivity contribution >= 4 is 10.0 Å². The lowest BCUT2D eigenvalue weighted by atomic mass is 9.77. The summed E-state index contributed by atoms with van der Waals surface area (Å²) >= 11 is 0. The minimum atomic E-state index is -3.52. The Hall–Kier alpha value is -0.950. The maximum atomic E-state index is 13.7. The maximum Gasteiger partial charge on any atom is 0.243 e. The zero-order chi connectivity index (χ0) is 21.7. The van der Waals surface area contributed by atoms with Gasteiger partial charge in [-0.2, -0.15) is 4.31 Å². The number of nitrogens with zero attached hydrogens (tertiary/aromatic N) is 2. The van der Waals surface area contributed by atoms with E-state index in [9.17, 15) is 8.42 Å². The molecule has 0 amide bonds. The highest BCUT2D eigenvalue weighted by Crippen LogP contribution is 2.41. The van der Waals surface area contributed by atoms with Crippen LogP contribution < -0.4 is 0 Å². The molecule has 1 saturated carbocycles. The van der Waals surface area contributed by atoms with Gasteiger partial charge in [0, 0.05) is 26.2 Å². The van der Waals surface area contributed by atoms with Crippen molar-refractivity contribution in [1.82, 2.24) is 9.21 Å². The van der Waals surface area contributed by atoms with Crippen molar-refractivity contribution < 1.29 is 13.2 Å². The van der Waals surface area contributed by atoms with Gasteiger partial charge >= 0.3 is 0 Å². The summed E-state index contributed by atoms with van der Waals surface area (Å²) in [6, 6.07) is 4.38. The molecule has 1 aromatic rings. The molecular weight excluding hydrogens is 384 g/mol. The van der Waals surface area contributed by atoms with Gasteiger partial charge in [0.2, 0.25) is 10.0 Å². The topological polar surface area (TPSA) is 49.9 Å². The smallest absolute Gasteiger partial charge is 0.243 e. The Balaban J connectivity index is 1.92. The van der Waals surface area contributed by atoms with Gasteiger partial charge in [-0.15, -0.1) is 0 Å². The summed E-state index contributed by atoms with van der Waals surface area (Å²) in [5, 5.41) is 0. The molecule has 6 heteroatoms. The van der Waals surface area contributed by atoms with Crippen molar-refractivity contribution in [2.75, 3.05) is 34.3 Å². The Morgan fingerprint density at radius 3 is 2.17 bits per heavy atom. The SMILES string of the molecule is CO[C@@H]1C[C@H]2CN(S(=O)(=O)c3cc(C(C)(C)C)cc(C)c3C)C[C@H]2C[C@H]1N(C)C.